The number of carboxylic acid groups (broad SMARTS) is 1. The van der Waals surface area contributed by atoms with Gasteiger partial charge >= 0.3 is 5.97 Å². The second kappa shape index (κ2) is 3.41. The van der Waals surface area contributed by atoms with Gasteiger partial charge in [0.15, 0.2) is 15.5 Å². The number of nitrogens with two attached hydrogens (primary N) is 1. The summed E-state index contributed by atoms with van der Waals surface area (Å²) in [6.45, 7) is 0. The Morgan fingerprint density at radius 3 is 2.69 bits per heavy atom. The van der Waals surface area contributed by atoms with Crippen LogP contribution in [-0.2, 0) is 22.0 Å². The Bertz CT molecular complexity index is 567. The van der Waals surface area contributed by atoms with E-state index in [9.17, 15) is 13.2 Å². The highest BCUT2D eigenvalue weighted by molar-refractivity contribution is 7.90. The quantitative estimate of drug-likeness (QED) is 0.663. The van der Waals surface area contributed by atoms with Crippen molar-refractivity contribution in [3.63, 3.8) is 0 Å². The minimum absolute atomic E-state index is 0.0322. The lowest BCUT2D eigenvalue weighted by Gasteiger charge is -2.16. The van der Waals surface area contributed by atoms with Crippen LogP contribution in [0.25, 0.3) is 0 Å². The Morgan fingerprint density at radius 2 is 2.06 bits per heavy atom. The van der Waals surface area contributed by atoms with E-state index in [0.29, 0.717) is 5.69 Å². The Kier molecular flexibility index (Phi) is 2.30. The maximum Gasteiger partial charge on any atom is 0.355 e. The predicted molar refractivity (Wildman–Crippen MR) is 54.6 cm³/mol. The largest absolute Gasteiger partial charge is 0.476 e. The van der Waals surface area contributed by atoms with Crippen LogP contribution in [0.1, 0.15) is 21.7 Å². The van der Waals surface area contributed by atoms with E-state index in [1.54, 1.807) is 0 Å². The van der Waals surface area contributed by atoms with Crippen LogP contribution in [0.15, 0.2) is 0 Å². The molecule has 1 aromatic rings. The molecule has 0 aromatic carbocycles. The van der Waals surface area contributed by atoms with Crippen molar-refractivity contribution < 1.29 is 18.3 Å². The van der Waals surface area contributed by atoms with Crippen molar-refractivity contribution in [3.05, 3.63) is 17.0 Å². The maximum absolute atomic E-state index is 11.4. The molecule has 7 nitrogen and oxygen atoms in total. The van der Waals surface area contributed by atoms with E-state index in [4.69, 9.17) is 10.8 Å². The van der Waals surface area contributed by atoms with Crippen LogP contribution in [0.3, 0.4) is 0 Å². The molecule has 2 rings (SSSR count). The van der Waals surface area contributed by atoms with Gasteiger partial charge in [-0.2, -0.15) is 0 Å². The second-order valence-corrected chi connectivity index (χ2v) is 5.69. The summed E-state index contributed by atoms with van der Waals surface area (Å²) < 4.78 is 22.8. The average molecular weight is 243 g/mol. The lowest BCUT2D eigenvalue weighted by molar-refractivity contribution is 0.0689. The molecule has 2 heterocycles. The van der Waals surface area contributed by atoms with Gasteiger partial charge in [-0.25, -0.2) is 23.2 Å². The number of aromatic nitrogens is 2. The van der Waals surface area contributed by atoms with Gasteiger partial charge in [0.25, 0.3) is 0 Å². The molecule has 1 aliphatic rings. The van der Waals surface area contributed by atoms with Gasteiger partial charge in [0.1, 0.15) is 0 Å². The second-order valence-electron chi connectivity index (χ2n) is 3.50. The van der Waals surface area contributed by atoms with Crippen molar-refractivity contribution in [2.75, 3.05) is 11.5 Å². The van der Waals surface area contributed by atoms with Gasteiger partial charge in [-0.15, -0.1) is 0 Å². The molecule has 86 valence electrons. The average Bonchev–Trinajstić information content (AvgIpc) is 2.16. The van der Waals surface area contributed by atoms with Crippen molar-refractivity contribution in [1.82, 2.24) is 9.97 Å². The molecule has 0 unspecified atom stereocenters. The summed E-state index contributed by atoms with van der Waals surface area (Å²) in [6, 6.07) is 0. The molecule has 0 spiro atoms. The Hall–Kier alpha value is -1.70. The van der Waals surface area contributed by atoms with Gasteiger partial charge in [0.2, 0.25) is 5.95 Å². The van der Waals surface area contributed by atoms with E-state index < -0.39 is 15.8 Å². The van der Waals surface area contributed by atoms with Crippen LogP contribution >= 0.6 is 0 Å². The van der Waals surface area contributed by atoms with Gasteiger partial charge in [-0.05, 0) is 0 Å². The summed E-state index contributed by atoms with van der Waals surface area (Å²) in [5.74, 6) is -1.79. The summed E-state index contributed by atoms with van der Waals surface area (Å²) >= 11 is 0. The number of nitrogen functional groups attached to an aromatic ring is 1. The van der Waals surface area contributed by atoms with E-state index in [1.165, 1.54) is 0 Å². The molecule has 0 aliphatic carbocycles. The van der Waals surface area contributed by atoms with Gasteiger partial charge < -0.3 is 10.8 Å². The summed E-state index contributed by atoms with van der Waals surface area (Å²) in [6.07, 6.45) is 0.185. The molecule has 16 heavy (non-hydrogen) atoms. The van der Waals surface area contributed by atoms with Crippen LogP contribution in [0.2, 0.25) is 0 Å². The van der Waals surface area contributed by atoms with Crippen molar-refractivity contribution in [3.8, 4) is 0 Å². The third-order valence-corrected chi connectivity index (χ3v) is 3.88. The highest BCUT2D eigenvalue weighted by Gasteiger charge is 2.28. The lowest BCUT2D eigenvalue weighted by Crippen LogP contribution is -2.24. The summed E-state index contributed by atoms with van der Waals surface area (Å²) in [5.41, 5.74) is 5.62. The van der Waals surface area contributed by atoms with Gasteiger partial charge in [-0.3, -0.25) is 0 Å². The molecule has 0 saturated heterocycles. The standard InChI is InChI=1S/C8H9N3O4S/c9-8-10-5-1-2-16(14,15)3-4(5)6(11-8)7(12)13/h1-3H2,(H,12,13)(H2,9,10,11). The number of fused-ring (bicyclic) bond motifs is 1. The molecule has 0 fully saturated rings. The highest BCUT2D eigenvalue weighted by atomic mass is 32.2. The minimum atomic E-state index is -3.25. The van der Waals surface area contributed by atoms with Crippen LogP contribution in [0.5, 0.6) is 0 Å². The molecular formula is C8H9N3O4S. The van der Waals surface area contributed by atoms with Crippen molar-refractivity contribution in [1.29, 1.82) is 0 Å². The maximum atomic E-state index is 11.4. The number of carboxylic acids is 1. The van der Waals surface area contributed by atoms with Crippen molar-refractivity contribution in [2.24, 2.45) is 0 Å². The smallest absolute Gasteiger partial charge is 0.355 e. The molecule has 0 saturated carbocycles. The number of rotatable bonds is 1. The number of aromatic carboxylic acids is 1. The zero-order valence-electron chi connectivity index (χ0n) is 8.17. The topological polar surface area (TPSA) is 123 Å². The van der Waals surface area contributed by atoms with Gasteiger partial charge in [0, 0.05) is 12.0 Å². The first kappa shape index (κ1) is 10.8. The normalized spacial score (nSPS) is 17.8. The summed E-state index contributed by atoms with van der Waals surface area (Å²) in [4.78, 5) is 18.3. The first-order chi connectivity index (χ1) is 7.39. The van der Waals surface area contributed by atoms with E-state index in [1.807, 2.05) is 0 Å². The van der Waals surface area contributed by atoms with Crippen LogP contribution < -0.4 is 5.73 Å². The number of sulfone groups is 1. The van der Waals surface area contributed by atoms with E-state index in [-0.39, 0.29) is 35.1 Å². The molecule has 3 N–H and O–H groups in total. The van der Waals surface area contributed by atoms with Crippen LogP contribution in [-0.4, -0.2) is 35.2 Å². The molecule has 1 aromatic heterocycles. The van der Waals surface area contributed by atoms with Crippen molar-refractivity contribution >= 4 is 21.8 Å². The zero-order chi connectivity index (χ0) is 11.9. The SMILES string of the molecule is Nc1nc2c(c(C(=O)O)n1)CS(=O)(=O)CC2. The van der Waals surface area contributed by atoms with Crippen LogP contribution in [0, 0.1) is 0 Å². The Labute approximate surface area is 91.2 Å². The number of aryl methyl sites for hydroxylation is 1. The molecule has 1 aliphatic heterocycles. The number of hydrogen-bond donors (Lipinski definition) is 2. The highest BCUT2D eigenvalue weighted by Crippen LogP contribution is 2.22. The fraction of sp³-hybridized carbons (Fsp3) is 0.375. The first-order valence-corrected chi connectivity index (χ1v) is 6.30. The number of hydrogen-bond acceptors (Lipinski definition) is 6. The number of nitrogens with zero attached hydrogens (tertiary/aromatic N) is 2. The fourth-order valence-electron chi connectivity index (χ4n) is 1.63. The Balaban J connectivity index is 2.65. The molecule has 0 amide bonds. The minimum Gasteiger partial charge on any atom is -0.476 e. The first-order valence-electron chi connectivity index (χ1n) is 4.48. The molecule has 0 atom stereocenters. The zero-order valence-corrected chi connectivity index (χ0v) is 8.99. The van der Waals surface area contributed by atoms with E-state index in [0.717, 1.165) is 0 Å². The summed E-state index contributed by atoms with van der Waals surface area (Å²) in [7, 11) is -3.25. The third-order valence-electron chi connectivity index (χ3n) is 2.33. The third kappa shape index (κ3) is 1.83. The molecule has 0 bridgehead atoms. The number of anilines is 1. The molecule has 0 radical (unpaired) electrons. The lowest BCUT2D eigenvalue weighted by atomic mass is 10.1. The molecular weight excluding hydrogens is 234 g/mol. The van der Waals surface area contributed by atoms with Crippen LogP contribution in [0.4, 0.5) is 5.95 Å². The monoisotopic (exact) mass is 243 g/mol. The summed E-state index contributed by atoms with van der Waals surface area (Å²) in [5, 5.41) is 8.89. The predicted octanol–water partition coefficient (Wildman–Crippen LogP) is -0.772. The Morgan fingerprint density at radius 1 is 1.38 bits per heavy atom. The van der Waals surface area contributed by atoms with Crippen molar-refractivity contribution in [2.45, 2.75) is 12.2 Å². The fourth-order valence-corrected chi connectivity index (χ4v) is 3.02. The number of carbonyl (C=O) groups is 1. The van der Waals surface area contributed by atoms with Gasteiger partial charge in [0.05, 0.1) is 17.2 Å². The van der Waals surface area contributed by atoms with Gasteiger partial charge in [-0.1, -0.05) is 0 Å². The molecule has 8 heteroatoms. The van der Waals surface area contributed by atoms with E-state index in [2.05, 4.69) is 9.97 Å². The van der Waals surface area contributed by atoms with E-state index >= 15 is 0 Å².